The number of fused-ring (bicyclic) bond motifs is 1. The summed E-state index contributed by atoms with van der Waals surface area (Å²) in [6.45, 7) is 4.25. The van der Waals surface area contributed by atoms with E-state index in [0.717, 1.165) is 10.5 Å². The summed E-state index contributed by atoms with van der Waals surface area (Å²) in [4.78, 5) is 14.8. The largest absolute Gasteiger partial charge is 0.480 e. The van der Waals surface area contributed by atoms with E-state index in [0.29, 0.717) is 16.4 Å². The number of rotatable bonds is 5. The van der Waals surface area contributed by atoms with Crippen molar-refractivity contribution in [2.24, 2.45) is 0 Å². The van der Waals surface area contributed by atoms with E-state index >= 15 is 0 Å². The molecule has 0 amide bonds. The summed E-state index contributed by atoms with van der Waals surface area (Å²) in [7, 11) is -4.00. The molecule has 10 heteroatoms. The highest BCUT2D eigenvalue weighted by Crippen LogP contribution is 2.22. The van der Waals surface area contributed by atoms with Crippen LogP contribution in [-0.2, 0) is 14.8 Å². The Morgan fingerprint density at radius 1 is 1.50 bits per heavy atom. The molecular weight excluding hydrogens is 332 g/mol. The molecule has 0 saturated heterocycles. The molecule has 0 bridgehead atoms. The number of halogens is 1. The molecule has 0 aromatic carbocycles. The molecule has 0 saturated carbocycles. The van der Waals surface area contributed by atoms with Crippen molar-refractivity contribution < 1.29 is 18.3 Å². The summed E-state index contributed by atoms with van der Waals surface area (Å²) in [6.07, 6.45) is 2.42. The average Bonchev–Trinajstić information content (AvgIpc) is 2.70. The van der Waals surface area contributed by atoms with Crippen LogP contribution in [0.2, 0.25) is 5.02 Å². The SMILES string of the molecule is Cc1nn2cc(S(=O)(=O)N(CC(=O)O)C(C)C)cnc2c1Cl. The first-order chi connectivity index (χ1) is 10.1. The zero-order valence-electron chi connectivity index (χ0n) is 12.2. The van der Waals surface area contributed by atoms with Gasteiger partial charge in [-0.25, -0.2) is 17.9 Å². The second-order valence-corrected chi connectivity index (χ2v) is 7.26. The average molecular weight is 347 g/mol. The van der Waals surface area contributed by atoms with Crippen molar-refractivity contribution in [3.05, 3.63) is 23.1 Å². The van der Waals surface area contributed by atoms with E-state index < -0.39 is 28.6 Å². The summed E-state index contributed by atoms with van der Waals surface area (Å²) in [6, 6.07) is -0.514. The summed E-state index contributed by atoms with van der Waals surface area (Å²) < 4.78 is 27.3. The van der Waals surface area contributed by atoms with Crippen LogP contribution in [0.1, 0.15) is 19.5 Å². The van der Waals surface area contributed by atoms with Crippen LogP contribution in [0.4, 0.5) is 0 Å². The third-order valence-corrected chi connectivity index (χ3v) is 5.44. The number of hydrogen-bond acceptors (Lipinski definition) is 5. The quantitative estimate of drug-likeness (QED) is 0.871. The molecule has 0 spiro atoms. The Morgan fingerprint density at radius 3 is 2.68 bits per heavy atom. The zero-order valence-corrected chi connectivity index (χ0v) is 13.8. The highest BCUT2D eigenvalue weighted by Gasteiger charge is 2.30. The van der Waals surface area contributed by atoms with Crippen LogP contribution in [-0.4, -0.2) is 51.0 Å². The molecular formula is C12H15ClN4O4S. The van der Waals surface area contributed by atoms with Crippen molar-refractivity contribution >= 4 is 33.2 Å². The molecule has 2 aromatic heterocycles. The van der Waals surface area contributed by atoms with Gasteiger partial charge in [-0.2, -0.15) is 9.40 Å². The number of aliphatic carboxylic acids is 1. The lowest BCUT2D eigenvalue weighted by Gasteiger charge is -2.23. The fourth-order valence-electron chi connectivity index (χ4n) is 1.95. The van der Waals surface area contributed by atoms with Gasteiger partial charge in [-0.3, -0.25) is 4.79 Å². The Labute approximate surface area is 132 Å². The second-order valence-electron chi connectivity index (χ2n) is 4.99. The van der Waals surface area contributed by atoms with Gasteiger partial charge in [0.25, 0.3) is 0 Å². The van der Waals surface area contributed by atoms with Crippen molar-refractivity contribution in [3.63, 3.8) is 0 Å². The van der Waals surface area contributed by atoms with Gasteiger partial charge in [0, 0.05) is 6.04 Å². The maximum absolute atomic E-state index is 12.6. The van der Waals surface area contributed by atoms with Gasteiger partial charge in [0.2, 0.25) is 10.0 Å². The van der Waals surface area contributed by atoms with Crippen LogP contribution in [0.25, 0.3) is 5.65 Å². The predicted octanol–water partition coefficient (Wildman–Crippen LogP) is 1.17. The number of carboxylic acids is 1. The number of sulfonamides is 1. The normalized spacial score (nSPS) is 12.5. The van der Waals surface area contributed by atoms with Crippen molar-refractivity contribution in [1.29, 1.82) is 0 Å². The molecule has 0 aliphatic rings. The van der Waals surface area contributed by atoms with Gasteiger partial charge in [0.05, 0.1) is 18.1 Å². The van der Waals surface area contributed by atoms with Crippen molar-refractivity contribution in [1.82, 2.24) is 18.9 Å². The van der Waals surface area contributed by atoms with Crippen LogP contribution >= 0.6 is 11.6 Å². The van der Waals surface area contributed by atoms with Gasteiger partial charge in [0.15, 0.2) is 5.65 Å². The lowest BCUT2D eigenvalue weighted by Crippen LogP contribution is -2.40. The number of carboxylic acid groups (broad SMARTS) is 1. The van der Waals surface area contributed by atoms with Gasteiger partial charge in [-0.15, -0.1) is 0 Å². The molecule has 2 aromatic rings. The first-order valence-corrected chi connectivity index (χ1v) is 8.20. The zero-order chi connectivity index (χ0) is 16.7. The molecule has 2 heterocycles. The number of aromatic nitrogens is 3. The standard InChI is InChI=1S/C12H15ClN4O4S/c1-7(2)17(6-10(18)19)22(20,21)9-4-14-12-11(13)8(3)15-16(12)5-9/h4-5,7H,6H2,1-3H3,(H,18,19). The van der Waals surface area contributed by atoms with E-state index in [9.17, 15) is 13.2 Å². The molecule has 8 nitrogen and oxygen atoms in total. The Hall–Kier alpha value is -1.71. The Balaban J connectivity index is 2.54. The first kappa shape index (κ1) is 16.7. The molecule has 0 unspecified atom stereocenters. The molecule has 1 N–H and O–H groups in total. The third kappa shape index (κ3) is 2.92. The van der Waals surface area contributed by atoms with Gasteiger partial charge >= 0.3 is 5.97 Å². The number of nitrogens with zero attached hydrogens (tertiary/aromatic N) is 4. The molecule has 0 fully saturated rings. The van der Waals surface area contributed by atoms with Crippen LogP contribution in [0, 0.1) is 6.92 Å². The summed E-state index contributed by atoms with van der Waals surface area (Å²) in [5.41, 5.74) is 0.863. The predicted molar refractivity (Wildman–Crippen MR) is 79.4 cm³/mol. The van der Waals surface area contributed by atoms with E-state index in [1.807, 2.05) is 0 Å². The lowest BCUT2D eigenvalue weighted by molar-refractivity contribution is -0.137. The fourth-order valence-corrected chi connectivity index (χ4v) is 3.65. The molecule has 0 atom stereocenters. The van der Waals surface area contributed by atoms with E-state index in [1.54, 1.807) is 20.8 Å². The van der Waals surface area contributed by atoms with E-state index in [1.165, 1.54) is 10.7 Å². The maximum Gasteiger partial charge on any atom is 0.318 e. The van der Waals surface area contributed by atoms with E-state index in [4.69, 9.17) is 16.7 Å². The van der Waals surface area contributed by atoms with Crippen molar-refractivity contribution in [2.45, 2.75) is 31.7 Å². The topological polar surface area (TPSA) is 105 Å². The third-order valence-electron chi connectivity index (χ3n) is 3.03. The minimum atomic E-state index is -4.00. The molecule has 0 radical (unpaired) electrons. The van der Waals surface area contributed by atoms with Crippen LogP contribution in [0.5, 0.6) is 0 Å². The molecule has 0 aliphatic carbocycles. The highest BCUT2D eigenvalue weighted by atomic mass is 35.5. The number of hydrogen-bond donors (Lipinski definition) is 1. The minimum absolute atomic E-state index is 0.144. The van der Waals surface area contributed by atoms with Crippen molar-refractivity contribution in [2.75, 3.05) is 6.54 Å². The van der Waals surface area contributed by atoms with Gasteiger partial charge in [-0.05, 0) is 20.8 Å². The Morgan fingerprint density at radius 2 is 2.14 bits per heavy atom. The minimum Gasteiger partial charge on any atom is -0.480 e. The maximum atomic E-state index is 12.6. The highest BCUT2D eigenvalue weighted by molar-refractivity contribution is 7.89. The van der Waals surface area contributed by atoms with Crippen LogP contribution < -0.4 is 0 Å². The van der Waals surface area contributed by atoms with Crippen LogP contribution in [0.15, 0.2) is 17.3 Å². The summed E-state index contributed by atoms with van der Waals surface area (Å²) in [5.74, 6) is -1.23. The molecule has 0 aliphatic heterocycles. The number of carbonyl (C=O) groups is 1. The first-order valence-electron chi connectivity index (χ1n) is 6.38. The summed E-state index contributed by atoms with van der Waals surface area (Å²) in [5, 5.41) is 13.3. The van der Waals surface area contributed by atoms with Gasteiger partial charge in [0.1, 0.15) is 16.5 Å². The van der Waals surface area contributed by atoms with E-state index in [-0.39, 0.29) is 4.90 Å². The Bertz CT molecular complexity index is 831. The molecule has 2 rings (SSSR count). The Kier molecular flexibility index (Phi) is 4.41. The van der Waals surface area contributed by atoms with E-state index in [2.05, 4.69) is 10.1 Å². The lowest BCUT2D eigenvalue weighted by atomic mass is 10.4. The summed E-state index contributed by atoms with van der Waals surface area (Å²) >= 11 is 6.01. The van der Waals surface area contributed by atoms with Crippen molar-refractivity contribution in [3.8, 4) is 0 Å². The molecule has 22 heavy (non-hydrogen) atoms. The van der Waals surface area contributed by atoms with Gasteiger partial charge < -0.3 is 5.11 Å². The monoisotopic (exact) mass is 346 g/mol. The van der Waals surface area contributed by atoms with Gasteiger partial charge in [-0.1, -0.05) is 11.6 Å². The van der Waals surface area contributed by atoms with Crippen LogP contribution in [0.3, 0.4) is 0 Å². The second kappa shape index (κ2) is 5.82. The number of aryl methyl sites for hydroxylation is 1. The molecule has 120 valence electrons. The smallest absolute Gasteiger partial charge is 0.318 e. The fraction of sp³-hybridized carbons (Fsp3) is 0.417.